The van der Waals surface area contributed by atoms with Crippen molar-refractivity contribution >= 4 is 11.7 Å². The van der Waals surface area contributed by atoms with Crippen LogP contribution < -0.4 is 5.32 Å². The third kappa shape index (κ3) is 4.83. The number of aromatic nitrogens is 4. The Bertz CT molecular complexity index is 1370. The predicted molar refractivity (Wildman–Crippen MR) is 131 cm³/mol. The van der Waals surface area contributed by atoms with Crippen molar-refractivity contribution in [2.45, 2.75) is 26.8 Å². The van der Waals surface area contributed by atoms with Gasteiger partial charge in [0.05, 0.1) is 17.8 Å². The Morgan fingerprint density at radius 1 is 1.14 bits per heavy atom. The van der Waals surface area contributed by atoms with E-state index < -0.39 is 0 Å². The minimum atomic E-state index is -0.355. The summed E-state index contributed by atoms with van der Waals surface area (Å²) in [7, 11) is 1.87. The van der Waals surface area contributed by atoms with Crippen LogP contribution in [0.3, 0.4) is 0 Å². The van der Waals surface area contributed by atoms with Gasteiger partial charge in [0.25, 0.3) is 0 Å². The largest absolute Gasteiger partial charge is 0.310 e. The third-order valence-electron chi connectivity index (χ3n) is 6.28. The van der Waals surface area contributed by atoms with Gasteiger partial charge in [-0.05, 0) is 75.3 Å². The van der Waals surface area contributed by atoms with Gasteiger partial charge < -0.3 is 5.32 Å². The number of rotatable bonds is 7. The van der Waals surface area contributed by atoms with E-state index in [0.717, 1.165) is 22.5 Å². The van der Waals surface area contributed by atoms with E-state index >= 15 is 0 Å². The normalized spacial score (nSPS) is 11.9. The molecule has 2 aromatic heterocycles. The number of carbonyl (C=O) groups excluding carboxylic acids is 1. The van der Waals surface area contributed by atoms with Crippen LogP contribution in [0.25, 0.3) is 11.4 Å². The molecule has 0 aliphatic carbocycles. The van der Waals surface area contributed by atoms with Crippen LogP contribution >= 0.6 is 0 Å². The van der Waals surface area contributed by atoms with Gasteiger partial charge in [-0.1, -0.05) is 12.1 Å². The van der Waals surface area contributed by atoms with Gasteiger partial charge in [0, 0.05) is 17.4 Å². The van der Waals surface area contributed by atoms with Crippen LogP contribution in [-0.2, 0) is 4.79 Å². The molecule has 0 aliphatic heterocycles. The first-order valence-corrected chi connectivity index (χ1v) is 11.1. The summed E-state index contributed by atoms with van der Waals surface area (Å²) in [5.74, 6) is -0.223. The molecule has 0 aliphatic rings. The zero-order chi connectivity index (χ0) is 25.1. The number of likely N-dealkylation sites (N-methyl/N-ethyl adjacent to an activating group) is 1. The Morgan fingerprint density at radius 3 is 2.40 bits per heavy atom. The van der Waals surface area contributed by atoms with Crippen molar-refractivity contribution < 1.29 is 9.18 Å². The number of halogens is 1. The number of anilines is 1. The summed E-state index contributed by atoms with van der Waals surface area (Å²) < 4.78 is 16.9. The number of hydrogen-bond donors (Lipinski definition) is 1. The van der Waals surface area contributed by atoms with Gasteiger partial charge >= 0.3 is 0 Å². The molecule has 0 fully saturated rings. The Kier molecular flexibility index (Phi) is 6.75. The molecule has 0 bridgehead atoms. The van der Waals surface area contributed by atoms with Gasteiger partial charge in [-0.15, -0.1) is 0 Å². The van der Waals surface area contributed by atoms with Gasteiger partial charge in [-0.2, -0.15) is 10.4 Å². The molecular formula is C26H26FN7O. The Hall–Kier alpha value is -4.29. The molecule has 1 amide bonds. The minimum absolute atomic E-state index is 0.0339. The van der Waals surface area contributed by atoms with Gasteiger partial charge in [-0.3, -0.25) is 14.3 Å². The molecule has 4 aromatic rings. The highest BCUT2D eigenvalue weighted by atomic mass is 19.1. The van der Waals surface area contributed by atoms with Crippen molar-refractivity contribution in [2.24, 2.45) is 0 Å². The van der Waals surface area contributed by atoms with E-state index in [-0.39, 0.29) is 24.3 Å². The number of nitrogens with one attached hydrogen (secondary N) is 1. The molecule has 1 N–H and O–H groups in total. The van der Waals surface area contributed by atoms with Crippen molar-refractivity contribution in [2.75, 3.05) is 18.9 Å². The van der Waals surface area contributed by atoms with Crippen molar-refractivity contribution in [1.82, 2.24) is 24.2 Å². The summed E-state index contributed by atoms with van der Waals surface area (Å²) >= 11 is 0. The number of nitriles is 1. The summed E-state index contributed by atoms with van der Waals surface area (Å²) in [6.45, 7) is 5.84. The summed E-state index contributed by atoms with van der Waals surface area (Å²) in [6.07, 6.45) is 3.12. The van der Waals surface area contributed by atoms with E-state index in [9.17, 15) is 14.4 Å². The fourth-order valence-corrected chi connectivity index (χ4v) is 4.01. The lowest BCUT2D eigenvalue weighted by molar-refractivity contribution is -0.117. The summed E-state index contributed by atoms with van der Waals surface area (Å²) in [5, 5.41) is 16.8. The molecule has 0 spiro atoms. The van der Waals surface area contributed by atoms with Crippen molar-refractivity contribution in [3.8, 4) is 17.4 Å². The second-order valence-electron chi connectivity index (χ2n) is 8.43. The monoisotopic (exact) mass is 471 g/mol. The average molecular weight is 472 g/mol. The van der Waals surface area contributed by atoms with E-state index in [4.69, 9.17) is 0 Å². The first-order valence-electron chi connectivity index (χ1n) is 11.1. The lowest BCUT2D eigenvalue weighted by Gasteiger charge is -2.25. The average Bonchev–Trinajstić information content (AvgIpc) is 3.47. The predicted octanol–water partition coefficient (Wildman–Crippen LogP) is 4.32. The molecule has 2 aromatic carbocycles. The summed E-state index contributed by atoms with van der Waals surface area (Å²) in [4.78, 5) is 18.9. The molecule has 35 heavy (non-hydrogen) atoms. The smallest absolute Gasteiger partial charge is 0.239 e. The van der Waals surface area contributed by atoms with E-state index in [2.05, 4.69) is 21.5 Å². The number of carbonyl (C=O) groups is 1. The molecule has 0 saturated carbocycles. The van der Waals surface area contributed by atoms with Gasteiger partial charge in [-0.25, -0.2) is 14.1 Å². The molecule has 4 rings (SSSR count). The molecule has 1 unspecified atom stereocenters. The highest BCUT2D eigenvalue weighted by Gasteiger charge is 2.22. The van der Waals surface area contributed by atoms with Gasteiger partial charge in [0.1, 0.15) is 30.4 Å². The standard InChI is InChI=1S/C26H26FN7O/c1-17-18(2)34(23-11-7-21(27)8-12-23)26(24(17)13-28)31-25(35)14-32(4)19(3)20-5-9-22(10-6-20)33-16-29-15-30-33/h5-12,15-16,19H,14H2,1-4H3,(H,31,35). The van der Waals surface area contributed by atoms with Gasteiger partial charge in [0.2, 0.25) is 5.91 Å². The van der Waals surface area contributed by atoms with E-state index in [1.807, 2.05) is 57.0 Å². The quantitative estimate of drug-likeness (QED) is 0.434. The SMILES string of the molecule is Cc1c(C#N)c(NC(=O)CN(C)C(C)c2ccc(-n3cncn3)cc2)n(-c2ccc(F)cc2)c1C. The first kappa shape index (κ1) is 23.9. The third-order valence-corrected chi connectivity index (χ3v) is 6.28. The number of hydrogen-bond acceptors (Lipinski definition) is 5. The van der Waals surface area contributed by atoms with Crippen molar-refractivity contribution in [3.05, 3.63) is 89.4 Å². The van der Waals surface area contributed by atoms with Crippen LogP contribution in [0.2, 0.25) is 0 Å². The molecule has 0 saturated heterocycles. The van der Waals surface area contributed by atoms with E-state index in [1.54, 1.807) is 27.7 Å². The second-order valence-corrected chi connectivity index (χ2v) is 8.43. The lowest BCUT2D eigenvalue weighted by atomic mass is 10.1. The molecule has 9 heteroatoms. The molecule has 178 valence electrons. The number of benzene rings is 2. The Morgan fingerprint density at radius 2 is 1.80 bits per heavy atom. The maximum Gasteiger partial charge on any atom is 0.239 e. The number of nitrogens with zero attached hydrogens (tertiary/aromatic N) is 6. The summed E-state index contributed by atoms with van der Waals surface area (Å²) in [6, 6.07) is 16.0. The Balaban J connectivity index is 1.51. The fraction of sp³-hybridized carbons (Fsp3) is 0.231. The maximum absolute atomic E-state index is 13.5. The molecular weight excluding hydrogens is 445 g/mol. The lowest BCUT2D eigenvalue weighted by Crippen LogP contribution is -2.32. The van der Waals surface area contributed by atoms with Gasteiger partial charge in [0.15, 0.2) is 0 Å². The maximum atomic E-state index is 13.5. The first-order chi connectivity index (χ1) is 16.8. The topological polar surface area (TPSA) is 91.8 Å². The zero-order valence-electron chi connectivity index (χ0n) is 20.0. The Labute approximate surface area is 203 Å². The van der Waals surface area contributed by atoms with Crippen molar-refractivity contribution in [3.63, 3.8) is 0 Å². The highest BCUT2D eigenvalue weighted by Crippen LogP contribution is 2.30. The van der Waals surface area contributed by atoms with E-state index in [0.29, 0.717) is 17.1 Å². The molecule has 0 radical (unpaired) electrons. The second kappa shape index (κ2) is 9.91. The molecule has 1 atom stereocenters. The highest BCUT2D eigenvalue weighted by molar-refractivity contribution is 5.93. The van der Waals surface area contributed by atoms with E-state index in [1.165, 1.54) is 18.5 Å². The zero-order valence-corrected chi connectivity index (χ0v) is 20.0. The van der Waals surface area contributed by atoms with Crippen LogP contribution in [-0.4, -0.2) is 43.7 Å². The molecule has 2 heterocycles. The van der Waals surface area contributed by atoms with Crippen LogP contribution in [0, 0.1) is 31.0 Å². The van der Waals surface area contributed by atoms with Crippen molar-refractivity contribution in [1.29, 1.82) is 5.26 Å². The van der Waals surface area contributed by atoms with Crippen LogP contribution in [0.15, 0.2) is 61.2 Å². The molecule has 8 nitrogen and oxygen atoms in total. The van der Waals surface area contributed by atoms with Crippen LogP contribution in [0.1, 0.15) is 35.3 Å². The van der Waals surface area contributed by atoms with Crippen LogP contribution in [0.5, 0.6) is 0 Å². The van der Waals surface area contributed by atoms with Crippen LogP contribution in [0.4, 0.5) is 10.2 Å². The summed E-state index contributed by atoms with van der Waals surface area (Å²) in [5.41, 5.74) is 4.56. The minimum Gasteiger partial charge on any atom is -0.310 e. The number of amides is 1. The fourth-order valence-electron chi connectivity index (χ4n) is 4.01.